The summed E-state index contributed by atoms with van der Waals surface area (Å²) in [4.78, 5) is 34.7. The van der Waals surface area contributed by atoms with Crippen LogP contribution in [-0.4, -0.2) is 42.8 Å². The molecular weight excluding hydrogens is 699 g/mol. The minimum absolute atomic E-state index is 0.00784. The summed E-state index contributed by atoms with van der Waals surface area (Å²) in [6, 6.07) is 0. The topological polar surface area (TPSA) is 108 Å². The molecular formula is C45H79O8P. The van der Waals surface area contributed by atoms with Crippen molar-refractivity contribution in [3.63, 3.8) is 0 Å². The molecule has 0 aliphatic rings. The second-order valence-electron chi connectivity index (χ2n) is 14.0. The van der Waals surface area contributed by atoms with Gasteiger partial charge >= 0.3 is 19.8 Å². The Bertz CT molecular complexity index is 1060. The van der Waals surface area contributed by atoms with Gasteiger partial charge in [-0.25, -0.2) is 4.57 Å². The molecule has 2 atom stereocenters. The fraction of sp³-hybridized carbons (Fsp3) is 0.733. The maximum absolute atomic E-state index is 12.5. The van der Waals surface area contributed by atoms with Crippen molar-refractivity contribution in [2.24, 2.45) is 0 Å². The Hall–Kier alpha value is -2.25. The Balaban J connectivity index is 4.16. The molecule has 0 fully saturated rings. The van der Waals surface area contributed by atoms with E-state index in [4.69, 9.17) is 18.5 Å². The summed E-state index contributed by atoms with van der Waals surface area (Å²) in [5, 5.41) is 0. The van der Waals surface area contributed by atoms with Gasteiger partial charge in [-0.05, 0) is 64.7 Å². The lowest BCUT2D eigenvalue weighted by Gasteiger charge is -2.19. The molecule has 0 amide bonds. The second kappa shape index (κ2) is 40.4. The normalized spacial score (nSPS) is 13.9. The number of carbonyl (C=O) groups excluding carboxylic acids is 2. The second-order valence-corrected chi connectivity index (χ2v) is 15.4. The summed E-state index contributed by atoms with van der Waals surface area (Å²) < 4.78 is 32.6. The molecule has 0 aromatic rings. The molecule has 8 nitrogen and oxygen atoms in total. The van der Waals surface area contributed by atoms with Crippen LogP contribution < -0.4 is 0 Å². The molecule has 1 N–H and O–H groups in total. The van der Waals surface area contributed by atoms with Crippen LogP contribution in [0.1, 0.15) is 188 Å². The first-order valence-electron chi connectivity index (χ1n) is 21.6. The number of carbonyl (C=O) groups is 2. The van der Waals surface area contributed by atoms with Crippen LogP contribution in [-0.2, 0) is 32.7 Å². The Morgan fingerprint density at radius 1 is 0.519 bits per heavy atom. The summed E-state index contributed by atoms with van der Waals surface area (Å²) in [7, 11) is -4.29. The van der Waals surface area contributed by atoms with Gasteiger partial charge in [0.1, 0.15) is 6.61 Å². The zero-order chi connectivity index (χ0) is 39.6. The Morgan fingerprint density at radius 2 is 0.944 bits per heavy atom. The molecule has 0 aliphatic carbocycles. The van der Waals surface area contributed by atoms with Crippen LogP contribution in [0.5, 0.6) is 0 Å². The highest BCUT2D eigenvalue weighted by Crippen LogP contribution is 2.43. The first kappa shape index (κ1) is 51.8. The largest absolute Gasteiger partial charge is 0.472 e. The van der Waals surface area contributed by atoms with E-state index in [9.17, 15) is 19.0 Å². The van der Waals surface area contributed by atoms with Gasteiger partial charge in [-0.2, -0.15) is 0 Å². The number of phosphoric acid groups is 1. The molecule has 0 radical (unpaired) electrons. The van der Waals surface area contributed by atoms with Crippen molar-refractivity contribution in [3.8, 4) is 0 Å². The monoisotopic (exact) mass is 779 g/mol. The van der Waals surface area contributed by atoms with Gasteiger partial charge in [-0.15, -0.1) is 0 Å². The third-order valence-corrected chi connectivity index (χ3v) is 9.90. The van der Waals surface area contributed by atoms with E-state index < -0.39 is 26.5 Å². The molecule has 0 aromatic carbocycles. The highest BCUT2D eigenvalue weighted by molar-refractivity contribution is 7.47. The van der Waals surface area contributed by atoms with Crippen LogP contribution in [0.2, 0.25) is 0 Å². The third-order valence-electron chi connectivity index (χ3n) is 8.84. The van der Waals surface area contributed by atoms with Crippen LogP contribution in [0.15, 0.2) is 60.8 Å². The lowest BCUT2D eigenvalue weighted by Crippen LogP contribution is -2.29. The average molecular weight is 779 g/mol. The molecule has 0 heterocycles. The SMILES string of the molecule is CC/C=C\C/C=C\C/C=C\C/C=C\C/C=C\CCCCCC(=O)OC(COC(=O)CCCCCCCCCCCCCCCCC)COP(=O)(O)OCC. The van der Waals surface area contributed by atoms with Crippen molar-refractivity contribution < 1.29 is 37.6 Å². The maximum Gasteiger partial charge on any atom is 0.472 e. The third kappa shape index (κ3) is 39.4. The number of esters is 2. The smallest absolute Gasteiger partial charge is 0.462 e. The number of hydrogen-bond acceptors (Lipinski definition) is 7. The first-order valence-corrected chi connectivity index (χ1v) is 23.1. The summed E-state index contributed by atoms with van der Waals surface area (Å²) in [5.74, 6) is -0.834. The predicted molar refractivity (Wildman–Crippen MR) is 225 cm³/mol. The highest BCUT2D eigenvalue weighted by Gasteiger charge is 2.25. The van der Waals surface area contributed by atoms with Crippen molar-refractivity contribution in [2.45, 2.75) is 194 Å². The molecule has 0 rings (SSSR count). The minimum atomic E-state index is -4.29. The Morgan fingerprint density at radius 3 is 1.43 bits per heavy atom. The summed E-state index contributed by atoms with van der Waals surface area (Å²) in [6.45, 7) is 5.32. The van der Waals surface area contributed by atoms with Crippen LogP contribution in [0.25, 0.3) is 0 Å². The van der Waals surface area contributed by atoms with E-state index in [0.29, 0.717) is 6.42 Å². The average Bonchev–Trinajstić information content (AvgIpc) is 3.15. The standard InChI is InChI=1S/C45H79O8P/c1-4-7-9-11-13-15-17-19-21-22-23-24-26-28-30-32-34-36-38-40-45(47)53-43(42-52-54(48,49)51-6-3)41-50-44(46)39-37-35-33-31-29-27-25-20-18-16-14-12-10-8-5-2/h7,9,13,15,19,21,23-24,28,30,43H,4-6,8,10-12,14,16-18,20,22,25-27,29,31-42H2,1-3H3,(H,48,49)/b9-7-,15-13-,21-19-,24-23-,30-28-. The molecule has 0 spiro atoms. The van der Waals surface area contributed by atoms with Gasteiger partial charge in [-0.1, -0.05) is 171 Å². The molecule has 0 aliphatic heterocycles. The van der Waals surface area contributed by atoms with Gasteiger partial charge in [0.2, 0.25) is 0 Å². The zero-order valence-electron chi connectivity index (χ0n) is 34.6. The molecule has 0 saturated carbocycles. The van der Waals surface area contributed by atoms with Gasteiger partial charge in [0.05, 0.1) is 13.2 Å². The number of rotatable bonds is 39. The van der Waals surface area contributed by atoms with E-state index in [1.807, 2.05) is 0 Å². The number of ether oxygens (including phenoxy) is 2. The summed E-state index contributed by atoms with van der Waals surface area (Å²) in [6.07, 6.45) is 48.4. The van der Waals surface area contributed by atoms with Gasteiger partial charge in [0.15, 0.2) is 6.10 Å². The van der Waals surface area contributed by atoms with Crippen molar-refractivity contribution in [2.75, 3.05) is 19.8 Å². The van der Waals surface area contributed by atoms with Crippen molar-refractivity contribution in [3.05, 3.63) is 60.8 Å². The summed E-state index contributed by atoms with van der Waals surface area (Å²) in [5.41, 5.74) is 0. The Kier molecular flexibility index (Phi) is 38.7. The summed E-state index contributed by atoms with van der Waals surface area (Å²) >= 11 is 0. The van der Waals surface area contributed by atoms with Crippen molar-refractivity contribution >= 4 is 19.8 Å². The predicted octanol–water partition coefficient (Wildman–Crippen LogP) is 13.6. The van der Waals surface area contributed by atoms with Crippen molar-refractivity contribution in [1.82, 2.24) is 0 Å². The van der Waals surface area contributed by atoms with Crippen LogP contribution in [0.3, 0.4) is 0 Å². The number of phosphoric ester groups is 1. The molecule has 9 heteroatoms. The first-order chi connectivity index (χ1) is 26.3. The number of unbranched alkanes of at least 4 members (excludes halogenated alkanes) is 17. The van der Waals surface area contributed by atoms with Gasteiger partial charge < -0.3 is 14.4 Å². The van der Waals surface area contributed by atoms with E-state index in [2.05, 4.69) is 74.6 Å². The van der Waals surface area contributed by atoms with E-state index >= 15 is 0 Å². The maximum atomic E-state index is 12.5. The zero-order valence-corrected chi connectivity index (χ0v) is 35.5. The van der Waals surface area contributed by atoms with Crippen LogP contribution in [0, 0.1) is 0 Å². The van der Waals surface area contributed by atoms with E-state index in [1.54, 1.807) is 6.92 Å². The fourth-order valence-corrected chi connectivity index (χ4v) is 6.47. The Labute approximate surface area is 330 Å². The van der Waals surface area contributed by atoms with Crippen LogP contribution in [0.4, 0.5) is 0 Å². The lowest BCUT2D eigenvalue weighted by atomic mass is 10.0. The molecule has 0 aromatic heterocycles. The van der Waals surface area contributed by atoms with E-state index in [0.717, 1.165) is 70.6 Å². The number of allylic oxidation sites excluding steroid dienone is 10. The van der Waals surface area contributed by atoms with E-state index in [1.165, 1.54) is 77.0 Å². The lowest BCUT2D eigenvalue weighted by molar-refractivity contribution is -0.161. The van der Waals surface area contributed by atoms with Gasteiger partial charge in [0.25, 0.3) is 0 Å². The fourth-order valence-electron chi connectivity index (χ4n) is 5.71. The minimum Gasteiger partial charge on any atom is -0.462 e. The van der Waals surface area contributed by atoms with Crippen molar-refractivity contribution in [1.29, 1.82) is 0 Å². The molecule has 312 valence electrons. The van der Waals surface area contributed by atoms with Gasteiger partial charge in [-0.3, -0.25) is 18.6 Å². The molecule has 54 heavy (non-hydrogen) atoms. The molecule has 0 bridgehead atoms. The quantitative estimate of drug-likeness (QED) is 0.0284. The highest BCUT2D eigenvalue weighted by atomic mass is 31.2. The molecule has 0 saturated heterocycles. The molecule has 2 unspecified atom stereocenters. The number of hydrogen-bond donors (Lipinski definition) is 1. The van der Waals surface area contributed by atoms with E-state index in [-0.39, 0.29) is 32.0 Å². The van der Waals surface area contributed by atoms with Gasteiger partial charge in [0, 0.05) is 12.8 Å². The van der Waals surface area contributed by atoms with Crippen LogP contribution >= 0.6 is 7.82 Å².